The molecule has 1 aromatic carbocycles. The maximum Gasteiger partial charge on any atom is 0.338 e. The van der Waals surface area contributed by atoms with Gasteiger partial charge >= 0.3 is 5.97 Å². The molecule has 128 valence electrons. The molecule has 0 aliphatic heterocycles. The third-order valence-electron chi connectivity index (χ3n) is 4.24. The third kappa shape index (κ3) is 3.65. The predicted molar refractivity (Wildman–Crippen MR) is 97.2 cm³/mol. The Morgan fingerprint density at radius 3 is 2.33 bits per heavy atom. The van der Waals surface area contributed by atoms with E-state index in [0.717, 1.165) is 35.2 Å². The Bertz CT molecular complexity index is 734. The van der Waals surface area contributed by atoms with Crippen molar-refractivity contribution in [2.75, 3.05) is 0 Å². The maximum atomic E-state index is 11.9. The molecule has 2 rings (SSSR count). The normalized spacial score (nSPS) is 11.1. The van der Waals surface area contributed by atoms with Crippen LogP contribution in [0, 0.1) is 12.8 Å². The second-order valence-corrected chi connectivity index (χ2v) is 6.53. The summed E-state index contributed by atoms with van der Waals surface area (Å²) in [7, 11) is 0. The van der Waals surface area contributed by atoms with Gasteiger partial charge in [-0.1, -0.05) is 45.0 Å². The van der Waals surface area contributed by atoms with Crippen LogP contribution in [-0.2, 0) is 19.4 Å². The van der Waals surface area contributed by atoms with Crippen molar-refractivity contribution in [2.45, 2.75) is 47.1 Å². The summed E-state index contributed by atoms with van der Waals surface area (Å²) < 4.78 is 0. The summed E-state index contributed by atoms with van der Waals surface area (Å²) in [5, 5.41) is 9.72. The quantitative estimate of drug-likeness (QED) is 0.842. The Kier molecular flexibility index (Phi) is 5.73. The van der Waals surface area contributed by atoms with E-state index < -0.39 is 5.97 Å². The molecular weight excluding hydrogens is 300 g/mol. The lowest BCUT2D eigenvalue weighted by Crippen LogP contribution is -2.15. The molecule has 0 bridgehead atoms. The van der Waals surface area contributed by atoms with E-state index in [1.165, 1.54) is 5.56 Å². The molecule has 0 aliphatic carbocycles. The lowest BCUT2D eigenvalue weighted by Gasteiger charge is -2.19. The number of hydrogen-bond acceptors (Lipinski definition) is 3. The van der Waals surface area contributed by atoms with Gasteiger partial charge in [-0.05, 0) is 42.4 Å². The Balaban J connectivity index is 2.76. The average molecular weight is 326 g/mol. The number of hydrogen-bond donors (Lipinski definition) is 2. The molecule has 0 saturated carbocycles. The highest BCUT2D eigenvalue weighted by Gasteiger charge is 2.23. The van der Waals surface area contributed by atoms with Gasteiger partial charge in [0.05, 0.1) is 11.3 Å². The maximum absolute atomic E-state index is 11.9. The van der Waals surface area contributed by atoms with Crippen molar-refractivity contribution in [3.8, 4) is 11.1 Å². The number of nitrogens with zero attached hydrogens (tertiary/aromatic N) is 1. The zero-order valence-corrected chi connectivity index (χ0v) is 14.9. The number of carbonyl (C=O) groups is 1. The van der Waals surface area contributed by atoms with E-state index in [2.05, 4.69) is 25.8 Å². The van der Waals surface area contributed by atoms with Crippen LogP contribution in [0.3, 0.4) is 0 Å². The number of nitrogens with two attached hydrogens (primary N) is 1. The van der Waals surface area contributed by atoms with Crippen LogP contribution in [0.5, 0.6) is 0 Å². The fraction of sp³-hybridized carbons (Fsp3) is 0.400. The van der Waals surface area contributed by atoms with E-state index in [9.17, 15) is 9.90 Å². The van der Waals surface area contributed by atoms with Crippen molar-refractivity contribution in [1.82, 2.24) is 4.98 Å². The molecule has 0 spiro atoms. The summed E-state index contributed by atoms with van der Waals surface area (Å²) in [4.78, 5) is 16.4. The Morgan fingerprint density at radius 2 is 1.88 bits per heavy atom. The van der Waals surface area contributed by atoms with E-state index in [4.69, 9.17) is 5.73 Å². The van der Waals surface area contributed by atoms with Crippen LogP contribution < -0.4 is 5.73 Å². The first-order valence-corrected chi connectivity index (χ1v) is 8.44. The molecule has 0 unspecified atom stereocenters. The summed E-state index contributed by atoms with van der Waals surface area (Å²) in [5.41, 5.74) is 11.4. The summed E-state index contributed by atoms with van der Waals surface area (Å²) in [6.07, 6.45) is 1.73. The van der Waals surface area contributed by atoms with Crippen LogP contribution in [-0.4, -0.2) is 16.1 Å². The van der Waals surface area contributed by atoms with Gasteiger partial charge in [-0.2, -0.15) is 0 Å². The molecule has 0 saturated heterocycles. The molecule has 4 nitrogen and oxygen atoms in total. The molecule has 2 aromatic rings. The molecule has 4 heteroatoms. The summed E-state index contributed by atoms with van der Waals surface area (Å²) >= 11 is 0. The molecule has 24 heavy (non-hydrogen) atoms. The van der Waals surface area contributed by atoms with Crippen LogP contribution in [0.2, 0.25) is 0 Å². The molecule has 1 heterocycles. The topological polar surface area (TPSA) is 76.2 Å². The molecule has 0 fully saturated rings. The number of aromatic carboxylic acids is 1. The SMILES string of the molecule is CCc1ccc(-c2c(CN)c(CC(C)C)nc(C)c2C(=O)O)cc1. The van der Waals surface area contributed by atoms with Crippen molar-refractivity contribution < 1.29 is 9.90 Å². The third-order valence-corrected chi connectivity index (χ3v) is 4.24. The first-order valence-electron chi connectivity index (χ1n) is 8.44. The lowest BCUT2D eigenvalue weighted by atomic mass is 9.89. The molecule has 0 atom stereocenters. The zero-order valence-electron chi connectivity index (χ0n) is 14.9. The Labute approximate surface area is 143 Å². The van der Waals surface area contributed by atoms with Gasteiger partial charge in [-0.3, -0.25) is 4.98 Å². The second-order valence-electron chi connectivity index (χ2n) is 6.53. The average Bonchev–Trinajstić information content (AvgIpc) is 2.53. The number of carboxylic acids is 1. The molecule has 1 aromatic heterocycles. The molecule has 0 aliphatic rings. The lowest BCUT2D eigenvalue weighted by molar-refractivity contribution is 0.0696. The highest BCUT2D eigenvalue weighted by Crippen LogP contribution is 2.32. The van der Waals surface area contributed by atoms with Crippen molar-refractivity contribution in [1.29, 1.82) is 0 Å². The highest BCUT2D eigenvalue weighted by atomic mass is 16.4. The van der Waals surface area contributed by atoms with E-state index in [1.807, 2.05) is 24.3 Å². The standard InChI is InChI=1S/C20H26N2O2/c1-5-14-6-8-15(9-7-14)19-16(11-21)17(10-12(2)3)22-13(4)18(19)20(23)24/h6-9,12H,5,10-11,21H2,1-4H3,(H,23,24). The van der Waals surface area contributed by atoms with E-state index in [0.29, 0.717) is 11.6 Å². The largest absolute Gasteiger partial charge is 0.478 e. The van der Waals surface area contributed by atoms with E-state index in [1.54, 1.807) is 6.92 Å². The monoisotopic (exact) mass is 326 g/mol. The van der Waals surface area contributed by atoms with Gasteiger partial charge in [-0.25, -0.2) is 4.79 Å². The minimum Gasteiger partial charge on any atom is -0.478 e. The van der Waals surface area contributed by atoms with Crippen molar-refractivity contribution in [2.24, 2.45) is 11.7 Å². The predicted octanol–water partition coefficient (Wildman–Crippen LogP) is 3.97. The van der Waals surface area contributed by atoms with Gasteiger partial charge < -0.3 is 10.8 Å². The van der Waals surface area contributed by atoms with Crippen LogP contribution in [0.15, 0.2) is 24.3 Å². The van der Waals surface area contributed by atoms with Gasteiger partial charge in [0, 0.05) is 17.8 Å². The van der Waals surface area contributed by atoms with E-state index >= 15 is 0 Å². The van der Waals surface area contributed by atoms with Crippen molar-refractivity contribution >= 4 is 5.97 Å². The number of pyridine rings is 1. The van der Waals surface area contributed by atoms with Gasteiger partial charge in [0.2, 0.25) is 0 Å². The summed E-state index contributed by atoms with van der Waals surface area (Å²) in [5.74, 6) is -0.534. The van der Waals surface area contributed by atoms with Gasteiger partial charge in [0.15, 0.2) is 0 Å². The fourth-order valence-corrected chi connectivity index (χ4v) is 3.06. The van der Waals surface area contributed by atoms with E-state index in [-0.39, 0.29) is 12.1 Å². The molecule has 0 amide bonds. The molecule has 0 radical (unpaired) electrons. The fourth-order valence-electron chi connectivity index (χ4n) is 3.06. The minimum atomic E-state index is -0.958. The minimum absolute atomic E-state index is 0.257. The Hall–Kier alpha value is -2.20. The summed E-state index contributed by atoms with van der Waals surface area (Å²) in [6, 6.07) is 8.05. The second kappa shape index (κ2) is 7.58. The number of aromatic nitrogens is 1. The summed E-state index contributed by atoms with van der Waals surface area (Å²) in [6.45, 7) is 8.38. The number of aryl methyl sites for hydroxylation is 2. The number of benzene rings is 1. The smallest absolute Gasteiger partial charge is 0.338 e. The number of rotatable bonds is 6. The molecular formula is C20H26N2O2. The van der Waals surface area contributed by atoms with Crippen LogP contribution in [0.4, 0.5) is 0 Å². The first-order chi connectivity index (χ1) is 11.4. The van der Waals surface area contributed by atoms with Gasteiger partial charge in [0.1, 0.15) is 0 Å². The van der Waals surface area contributed by atoms with Crippen LogP contribution in [0.25, 0.3) is 11.1 Å². The Morgan fingerprint density at radius 1 is 1.25 bits per heavy atom. The van der Waals surface area contributed by atoms with Gasteiger partial charge in [0.25, 0.3) is 0 Å². The van der Waals surface area contributed by atoms with Crippen molar-refractivity contribution in [3.05, 3.63) is 52.3 Å². The van der Waals surface area contributed by atoms with Crippen molar-refractivity contribution in [3.63, 3.8) is 0 Å². The number of carboxylic acid groups (broad SMARTS) is 1. The van der Waals surface area contributed by atoms with Gasteiger partial charge in [-0.15, -0.1) is 0 Å². The zero-order chi connectivity index (χ0) is 17.9. The van der Waals surface area contributed by atoms with Crippen LogP contribution in [0.1, 0.15) is 53.6 Å². The highest BCUT2D eigenvalue weighted by molar-refractivity contribution is 5.98. The van der Waals surface area contributed by atoms with Crippen LogP contribution >= 0.6 is 0 Å². The first kappa shape index (κ1) is 18.1. The molecule has 3 N–H and O–H groups in total.